The number of amides is 2. The van der Waals surface area contributed by atoms with E-state index in [2.05, 4.69) is 6.92 Å². The Morgan fingerprint density at radius 2 is 1.59 bits per heavy atom. The minimum absolute atomic E-state index is 0.276. The van der Waals surface area contributed by atoms with E-state index in [1.54, 1.807) is 32.4 Å². The van der Waals surface area contributed by atoms with Crippen molar-refractivity contribution in [2.24, 2.45) is 0 Å². The molecule has 0 spiro atoms. The third kappa shape index (κ3) is 5.53. The number of hydrogen-bond acceptors (Lipinski definition) is 6. The molecule has 0 saturated heterocycles. The predicted octanol–water partition coefficient (Wildman–Crippen LogP) is 4.78. The second-order valence-corrected chi connectivity index (χ2v) is 8.35. The van der Waals surface area contributed by atoms with Gasteiger partial charge < -0.3 is 14.2 Å². The van der Waals surface area contributed by atoms with Crippen molar-refractivity contribution < 1.29 is 23.8 Å². The Kier molecular flexibility index (Phi) is 8.76. The number of nitrogens with zero attached hydrogens (tertiary/aromatic N) is 1. The lowest BCUT2D eigenvalue weighted by Gasteiger charge is -2.15. The fourth-order valence-electron chi connectivity index (χ4n) is 3.38. The monoisotopic (exact) mass is 455 g/mol. The van der Waals surface area contributed by atoms with Crippen molar-refractivity contribution in [2.45, 2.75) is 31.1 Å². The molecule has 7 heteroatoms. The zero-order valence-corrected chi connectivity index (χ0v) is 19.6. The van der Waals surface area contributed by atoms with E-state index in [1.165, 1.54) is 16.7 Å². The summed E-state index contributed by atoms with van der Waals surface area (Å²) < 4.78 is 16.3. The van der Waals surface area contributed by atoms with E-state index >= 15 is 0 Å². The van der Waals surface area contributed by atoms with Crippen molar-refractivity contribution in [1.29, 1.82) is 0 Å². The minimum atomic E-state index is -0.297. The molecule has 2 aromatic rings. The van der Waals surface area contributed by atoms with Crippen molar-refractivity contribution in [3.8, 4) is 11.5 Å². The van der Waals surface area contributed by atoms with Gasteiger partial charge in [-0.2, -0.15) is 0 Å². The highest BCUT2D eigenvalue weighted by Crippen LogP contribution is 2.41. The van der Waals surface area contributed by atoms with Crippen molar-refractivity contribution in [3.63, 3.8) is 0 Å². The maximum absolute atomic E-state index is 13.4. The molecular weight excluding hydrogens is 426 g/mol. The third-order valence-electron chi connectivity index (χ3n) is 5.07. The van der Waals surface area contributed by atoms with Gasteiger partial charge in [0.25, 0.3) is 11.8 Å². The van der Waals surface area contributed by atoms with Gasteiger partial charge in [0.2, 0.25) is 0 Å². The summed E-state index contributed by atoms with van der Waals surface area (Å²) >= 11 is 1.31. The number of ether oxygens (including phenoxy) is 3. The Morgan fingerprint density at radius 1 is 0.875 bits per heavy atom. The molecule has 1 heterocycles. The lowest BCUT2D eigenvalue weighted by molar-refractivity contribution is -0.136. The van der Waals surface area contributed by atoms with E-state index in [1.807, 2.05) is 30.3 Å². The van der Waals surface area contributed by atoms with Crippen molar-refractivity contribution in [2.75, 3.05) is 34.0 Å². The van der Waals surface area contributed by atoms with Crippen LogP contribution >= 0.6 is 11.8 Å². The van der Waals surface area contributed by atoms with Crippen molar-refractivity contribution in [1.82, 2.24) is 4.90 Å². The summed E-state index contributed by atoms with van der Waals surface area (Å²) in [5.41, 5.74) is 1.01. The van der Waals surface area contributed by atoms with Crippen molar-refractivity contribution in [3.05, 3.63) is 59.0 Å². The van der Waals surface area contributed by atoms with Crippen LogP contribution in [0.4, 0.5) is 0 Å². The van der Waals surface area contributed by atoms with Crippen LogP contribution in [0.5, 0.6) is 11.5 Å². The summed E-state index contributed by atoms with van der Waals surface area (Å²) in [7, 11) is 3.10. The molecule has 3 rings (SSSR count). The zero-order valence-electron chi connectivity index (χ0n) is 18.8. The number of methoxy groups -OCH3 is 2. The van der Waals surface area contributed by atoms with E-state index < -0.39 is 0 Å². The van der Waals surface area contributed by atoms with Crippen LogP contribution in [0.25, 0.3) is 5.57 Å². The van der Waals surface area contributed by atoms with E-state index in [0.717, 1.165) is 17.7 Å². The number of carbonyl (C=O) groups excluding carboxylic acids is 2. The summed E-state index contributed by atoms with van der Waals surface area (Å²) in [6.07, 6.45) is 2.68. The summed E-state index contributed by atoms with van der Waals surface area (Å²) in [6.45, 7) is 3.64. The summed E-state index contributed by atoms with van der Waals surface area (Å²) in [4.78, 5) is 29.3. The number of unbranched alkanes of at least 4 members (excludes halogenated alkanes) is 1. The van der Waals surface area contributed by atoms with Crippen LogP contribution in [-0.4, -0.2) is 50.7 Å². The number of thioether (sulfide) groups is 1. The molecule has 6 nitrogen and oxygen atoms in total. The molecule has 2 aromatic carbocycles. The Labute approximate surface area is 193 Å². The number of rotatable bonds is 12. The summed E-state index contributed by atoms with van der Waals surface area (Å²) in [6, 6.07) is 14.8. The van der Waals surface area contributed by atoms with Crippen LogP contribution in [-0.2, 0) is 14.3 Å². The maximum atomic E-state index is 13.4. The number of carbonyl (C=O) groups is 2. The summed E-state index contributed by atoms with van der Waals surface area (Å²) in [5.74, 6) is 0.493. The molecule has 0 bridgehead atoms. The largest absolute Gasteiger partial charge is 0.493 e. The highest BCUT2D eigenvalue weighted by molar-refractivity contribution is 8.04. The number of hydrogen-bond donors (Lipinski definition) is 0. The Bertz CT molecular complexity index is 974. The Hall–Kier alpha value is -2.77. The van der Waals surface area contributed by atoms with Crippen molar-refractivity contribution >= 4 is 29.1 Å². The molecular formula is C25H29NO5S. The van der Waals surface area contributed by atoms with Gasteiger partial charge in [-0.1, -0.05) is 49.4 Å². The molecule has 0 fully saturated rings. The van der Waals surface area contributed by atoms with Crippen LogP contribution in [0.1, 0.15) is 31.7 Å². The van der Waals surface area contributed by atoms with Gasteiger partial charge in [-0.25, -0.2) is 0 Å². The molecule has 0 aromatic heterocycles. The van der Waals surface area contributed by atoms with E-state index in [-0.39, 0.29) is 11.8 Å². The first-order chi connectivity index (χ1) is 15.6. The molecule has 0 saturated carbocycles. The van der Waals surface area contributed by atoms with Gasteiger partial charge in [-0.3, -0.25) is 14.5 Å². The first kappa shape index (κ1) is 23.9. The highest BCUT2D eigenvalue weighted by atomic mass is 32.2. The van der Waals surface area contributed by atoms with Gasteiger partial charge in [0.05, 0.1) is 24.7 Å². The molecule has 170 valence electrons. The minimum Gasteiger partial charge on any atom is -0.493 e. The molecule has 0 radical (unpaired) electrons. The standard InChI is InChI=1S/C25H29NO5S/c1-4-5-15-31-16-9-14-26-24(27)22(18-12-13-20(29-2)21(17-18)30-3)23(25(26)28)32-19-10-7-6-8-11-19/h6-8,10-13,17H,4-5,9,14-16H2,1-3H3. The van der Waals surface area contributed by atoms with Crippen LogP contribution in [0.15, 0.2) is 58.3 Å². The lowest BCUT2D eigenvalue weighted by atomic mass is 10.1. The SMILES string of the molecule is CCCCOCCCN1C(=O)C(Sc2ccccc2)=C(c2ccc(OC)c(OC)c2)C1=O. The van der Waals surface area contributed by atoms with Gasteiger partial charge >= 0.3 is 0 Å². The molecule has 0 N–H and O–H groups in total. The quantitative estimate of drug-likeness (QED) is 0.339. The first-order valence-corrected chi connectivity index (χ1v) is 11.6. The Morgan fingerprint density at radius 3 is 2.28 bits per heavy atom. The molecule has 0 atom stereocenters. The average Bonchev–Trinajstić information content (AvgIpc) is 3.05. The van der Waals surface area contributed by atoms with Gasteiger partial charge in [-0.05, 0) is 42.7 Å². The summed E-state index contributed by atoms with van der Waals surface area (Å²) in [5, 5.41) is 0. The first-order valence-electron chi connectivity index (χ1n) is 10.7. The smallest absolute Gasteiger partial charge is 0.268 e. The molecule has 1 aliphatic rings. The molecule has 32 heavy (non-hydrogen) atoms. The van der Waals surface area contributed by atoms with E-state index in [9.17, 15) is 9.59 Å². The molecule has 0 aliphatic carbocycles. The number of imide groups is 1. The highest BCUT2D eigenvalue weighted by Gasteiger charge is 2.39. The normalized spacial score (nSPS) is 13.8. The predicted molar refractivity (Wildman–Crippen MR) is 126 cm³/mol. The Balaban J connectivity index is 1.88. The van der Waals surface area contributed by atoms with Gasteiger partial charge in [0, 0.05) is 24.7 Å². The van der Waals surface area contributed by atoms with Crippen LogP contribution in [0.3, 0.4) is 0 Å². The molecule has 0 unspecified atom stereocenters. The molecule has 1 aliphatic heterocycles. The van der Waals surface area contributed by atoms with Gasteiger partial charge in [0.1, 0.15) is 0 Å². The number of benzene rings is 2. The van der Waals surface area contributed by atoms with Crippen LogP contribution in [0.2, 0.25) is 0 Å². The van der Waals surface area contributed by atoms with Crippen LogP contribution in [0, 0.1) is 0 Å². The third-order valence-corrected chi connectivity index (χ3v) is 6.16. The van der Waals surface area contributed by atoms with E-state index in [0.29, 0.717) is 53.7 Å². The van der Waals surface area contributed by atoms with Gasteiger partial charge in [0.15, 0.2) is 11.5 Å². The molecule has 2 amide bonds. The zero-order chi connectivity index (χ0) is 22.9. The second kappa shape index (κ2) is 11.7. The average molecular weight is 456 g/mol. The fourth-order valence-corrected chi connectivity index (χ4v) is 4.41. The van der Waals surface area contributed by atoms with E-state index in [4.69, 9.17) is 14.2 Å². The topological polar surface area (TPSA) is 65.1 Å². The fraction of sp³-hybridized carbons (Fsp3) is 0.360. The van der Waals surface area contributed by atoms with Crippen LogP contribution < -0.4 is 9.47 Å². The second-order valence-electron chi connectivity index (χ2n) is 7.27. The lowest BCUT2D eigenvalue weighted by Crippen LogP contribution is -2.33. The van der Waals surface area contributed by atoms with Gasteiger partial charge in [-0.15, -0.1) is 0 Å². The maximum Gasteiger partial charge on any atom is 0.268 e.